The third-order valence-electron chi connectivity index (χ3n) is 5.51. The number of carbonyl (C=O) groups excluding carboxylic acids is 1. The third kappa shape index (κ3) is 6.74. The number of benzene rings is 1. The van der Waals surface area contributed by atoms with Gasteiger partial charge in [-0.1, -0.05) is 25.4 Å². The van der Waals surface area contributed by atoms with Gasteiger partial charge in [-0.3, -0.25) is 14.8 Å². The first kappa shape index (κ1) is 22.6. The van der Waals surface area contributed by atoms with E-state index in [-0.39, 0.29) is 5.91 Å². The number of hydrogen-bond acceptors (Lipinski definition) is 4. The first-order valence-electron chi connectivity index (χ1n) is 10.8. The maximum atomic E-state index is 12.5. The average molecular weight is 433 g/mol. The van der Waals surface area contributed by atoms with Crippen molar-refractivity contribution in [2.45, 2.75) is 52.5 Å². The third-order valence-corrected chi connectivity index (χ3v) is 5.75. The van der Waals surface area contributed by atoms with E-state index in [0.29, 0.717) is 34.7 Å². The van der Waals surface area contributed by atoms with Crippen LogP contribution in [0.1, 0.15) is 50.9 Å². The number of ether oxygens (including phenoxy) is 1. The Kier molecular flexibility index (Phi) is 8.16. The summed E-state index contributed by atoms with van der Waals surface area (Å²) >= 11 is 6.05. The Hall–Kier alpha value is -2.05. The van der Waals surface area contributed by atoms with Crippen LogP contribution in [0.5, 0.6) is 5.75 Å². The van der Waals surface area contributed by atoms with Crippen molar-refractivity contribution >= 4 is 23.2 Å². The lowest BCUT2D eigenvalue weighted by Crippen LogP contribution is -2.35. The molecule has 1 aliphatic heterocycles. The second kappa shape index (κ2) is 10.8. The van der Waals surface area contributed by atoms with Crippen LogP contribution in [0.2, 0.25) is 5.02 Å². The van der Waals surface area contributed by atoms with Crippen molar-refractivity contribution in [3.05, 3.63) is 40.7 Å². The number of aromatic nitrogens is 2. The van der Waals surface area contributed by atoms with E-state index in [2.05, 4.69) is 40.3 Å². The zero-order valence-electron chi connectivity index (χ0n) is 18.2. The van der Waals surface area contributed by atoms with Crippen LogP contribution in [0.25, 0.3) is 0 Å². The number of halogens is 1. The van der Waals surface area contributed by atoms with Gasteiger partial charge in [-0.15, -0.1) is 0 Å². The number of hydrogen-bond donors (Lipinski definition) is 2. The lowest BCUT2D eigenvalue weighted by atomic mass is 9.93. The summed E-state index contributed by atoms with van der Waals surface area (Å²) in [5.41, 5.74) is 2.94. The minimum atomic E-state index is -0.000384. The SMILES string of the molecule is COc1ccc(Cl)cc1NC(=O)CCC1CCCN(Cc2cc(CC(C)C)n[nH]2)C1. The van der Waals surface area contributed by atoms with Crippen LogP contribution in [-0.2, 0) is 17.8 Å². The number of rotatable bonds is 9. The molecule has 0 radical (unpaired) electrons. The molecule has 1 saturated heterocycles. The Morgan fingerprint density at radius 2 is 2.23 bits per heavy atom. The van der Waals surface area contributed by atoms with Gasteiger partial charge in [0.1, 0.15) is 5.75 Å². The molecule has 2 N–H and O–H groups in total. The van der Waals surface area contributed by atoms with Crippen LogP contribution in [0.3, 0.4) is 0 Å². The maximum absolute atomic E-state index is 12.5. The minimum absolute atomic E-state index is 0.000384. The molecule has 30 heavy (non-hydrogen) atoms. The number of aromatic amines is 1. The Morgan fingerprint density at radius 1 is 1.40 bits per heavy atom. The second-order valence-electron chi connectivity index (χ2n) is 8.66. The molecular weight excluding hydrogens is 400 g/mol. The summed E-state index contributed by atoms with van der Waals surface area (Å²) < 4.78 is 5.30. The zero-order chi connectivity index (χ0) is 21.5. The summed E-state index contributed by atoms with van der Waals surface area (Å²) in [5, 5.41) is 11.1. The molecule has 2 aromatic rings. The van der Waals surface area contributed by atoms with Crippen LogP contribution >= 0.6 is 11.6 Å². The van der Waals surface area contributed by atoms with Gasteiger partial charge in [0.05, 0.1) is 18.5 Å². The average Bonchev–Trinajstić information content (AvgIpc) is 3.13. The van der Waals surface area contributed by atoms with Gasteiger partial charge in [0.25, 0.3) is 0 Å². The highest BCUT2D eigenvalue weighted by Gasteiger charge is 2.21. The molecule has 0 aliphatic carbocycles. The van der Waals surface area contributed by atoms with Gasteiger partial charge in [0, 0.05) is 30.2 Å². The van der Waals surface area contributed by atoms with Crippen molar-refractivity contribution in [1.82, 2.24) is 15.1 Å². The second-order valence-corrected chi connectivity index (χ2v) is 9.09. The van der Waals surface area contributed by atoms with Crippen molar-refractivity contribution in [2.75, 3.05) is 25.5 Å². The number of methoxy groups -OCH3 is 1. The van der Waals surface area contributed by atoms with E-state index >= 15 is 0 Å². The minimum Gasteiger partial charge on any atom is -0.495 e. The van der Waals surface area contributed by atoms with Crippen LogP contribution in [0.15, 0.2) is 24.3 Å². The standard InChI is InChI=1S/C23H33ClN4O2/c1-16(2)11-19-13-20(27-26-19)15-28-10-4-5-17(14-28)6-9-23(29)25-21-12-18(24)7-8-22(21)30-3/h7-8,12-13,16-17H,4-6,9-11,14-15H2,1-3H3,(H,25,29)(H,26,27). The molecule has 1 atom stereocenters. The number of H-pyrrole nitrogens is 1. The molecule has 1 amide bonds. The maximum Gasteiger partial charge on any atom is 0.224 e. The zero-order valence-corrected chi connectivity index (χ0v) is 19.0. The molecule has 0 spiro atoms. The first-order valence-corrected chi connectivity index (χ1v) is 11.2. The van der Waals surface area contributed by atoms with Crippen LogP contribution in [0.4, 0.5) is 5.69 Å². The van der Waals surface area contributed by atoms with Crippen LogP contribution in [0, 0.1) is 11.8 Å². The summed E-state index contributed by atoms with van der Waals surface area (Å²) in [6.07, 6.45) is 4.72. The summed E-state index contributed by atoms with van der Waals surface area (Å²) in [7, 11) is 1.58. The predicted molar refractivity (Wildman–Crippen MR) is 121 cm³/mol. The number of nitrogens with zero attached hydrogens (tertiary/aromatic N) is 2. The van der Waals surface area contributed by atoms with Crippen molar-refractivity contribution in [1.29, 1.82) is 0 Å². The molecular formula is C23H33ClN4O2. The highest BCUT2D eigenvalue weighted by atomic mass is 35.5. The highest BCUT2D eigenvalue weighted by Crippen LogP contribution is 2.28. The summed E-state index contributed by atoms with van der Waals surface area (Å²) in [5.74, 6) is 1.76. The Balaban J connectivity index is 1.46. The Labute approximate surface area is 184 Å². The largest absolute Gasteiger partial charge is 0.495 e. The first-order chi connectivity index (χ1) is 14.4. The number of piperidine rings is 1. The molecule has 7 heteroatoms. The van der Waals surface area contributed by atoms with Gasteiger partial charge in [0.2, 0.25) is 5.91 Å². The predicted octanol–water partition coefficient (Wildman–Crippen LogP) is 4.90. The summed E-state index contributed by atoms with van der Waals surface area (Å²) in [4.78, 5) is 14.9. The van der Waals surface area contributed by atoms with E-state index in [0.717, 1.165) is 38.2 Å². The van der Waals surface area contributed by atoms with Crippen molar-refractivity contribution in [3.8, 4) is 5.75 Å². The van der Waals surface area contributed by atoms with Gasteiger partial charge in [-0.2, -0.15) is 5.10 Å². The van der Waals surface area contributed by atoms with E-state index in [1.807, 2.05) is 0 Å². The fraction of sp³-hybridized carbons (Fsp3) is 0.565. The topological polar surface area (TPSA) is 70.2 Å². The van der Waals surface area contributed by atoms with Gasteiger partial charge >= 0.3 is 0 Å². The molecule has 1 unspecified atom stereocenters. The molecule has 6 nitrogen and oxygen atoms in total. The normalized spacial score (nSPS) is 17.3. The van der Waals surface area contributed by atoms with Crippen molar-refractivity contribution in [2.24, 2.45) is 11.8 Å². The Bertz CT molecular complexity index is 836. The number of anilines is 1. The number of carbonyl (C=O) groups is 1. The molecule has 0 bridgehead atoms. The van der Waals surface area contributed by atoms with Crippen molar-refractivity contribution < 1.29 is 9.53 Å². The van der Waals surface area contributed by atoms with E-state index in [1.54, 1.807) is 25.3 Å². The molecule has 3 rings (SSSR count). The number of likely N-dealkylation sites (tertiary alicyclic amines) is 1. The quantitative estimate of drug-likeness (QED) is 0.591. The lowest BCUT2D eigenvalue weighted by molar-refractivity contribution is -0.116. The van der Waals surface area contributed by atoms with Crippen LogP contribution < -0.4 is 10.1 Å². The lowest BCUT2D eigenvalue weighted by Gasteiger charge is -2.32. The monoisotopic (exact) mass is 432 g/mol. The number of amides is 1. The molecule has 1 aromatic carbocycles. The fourth-order valence-electron chi connectivity index (χ4n) is 4.11. The van der Waals surface area contributed by atoms with Gasteiger partial charge in [-0.05, 0) is 68.3 Å². The summed E-state index contributed by atoms with van der Waals surface area (Å²) in [6.45, 7) is 7.44. The summed E-state index contributed by atoms with van der Waals surface area (Å²) in [6, 6.07) is 7.42. The number of nitrogens with one attached hydrogen (secondary N) is 2. The highest BCUT2D eigenvalue weighted by molar-refractivity contribution is 6.31. The van der Waals surface area contributed by atoms with E-state index in [4.69, 9.17) is 16.3 Å². The van der Waals surface area contributed by atoms with Gasteiger partial charge in [-0.25, -0.2) is 0 Å². The van der Waals surface area contributed by atoms with Gasteiger partial charge in [0.15, 0.2) is 0 Å². The molecule has 1 fully saturated rings. The smallest absolute Gasteiger partial charge is 0.224 e. The van der Waals surface area contributed by atoms with E-state index < -0.39 is 0 Å². The van der Waals surface area contributed by atoms with Gasteiger partial charge < -0.3 is 10.1 Å². The molecule has 1 aromatic heterocycles. The Morgan fingerprint density at radius 3 is 3.00 bits per heavy atom. The van der Waals surface area contributed by atoms with Crippen LogP contribution in [-0.4, -0.2) is 41.2 Å². The fourth-order valence-corrected chi connectivity index (χ4v) is 4.28. The molecule has 2 heterocycles. The molecule has 0 saturated carbocycles. The molecule has 164 valence electrons. The van der Waals surface area contributed by atoms with E-state index in [9.17, 15) is 4.79 Å². The van der Waals surface area contributed by atoms with E-state index in [1.165, 1.54) is 18.5 Å². The van der Waals surface area contributed by atoms with Crippen molar-refractivity contribution in [3.63, 3.8) is 0 Å². The molecule has 1 aliphatic rings.